The highest BCUT2D eigenvalue weighted by Gasteiger charge is 2.45. The second kappa shape index (κ2) is 14.1. The first-order valence-electron chi connectivity index (χ1n) is 15.0. The van der Waals surface area contributed by atoms with Gasteiger partial charge >= 0.3 is 0 Å². The summed E-state index contributed by atoms with van der Waals surface area (Å²) in [5, 5.41) is 37.6. The molecule has 8 heteroatoms. The average Bonchev–Trinajstić information content (AvgIpc) is 3.02. The molecule has 0 saturated heterocycles. The van der Waals surface area contributed by atoms with E-state index in [9.17, 15) is 10.3 Å². The predicted octanol–water partition coefficient (Wildman–Crippen LogP) is 5.74. The number of aryl methyl sites for hydroxylation is 2. The second-order valence-electron chi connectivity index (χ2n) is 11.6. The lowest BCUT2D eigenvalue weighted by Gasteiger charge is -2.47. The highest BCUT2D eigenvalue weighted by Crippen LogP contribution is 2.42. The Kier molecular flexibility index (Phi) is 10.0. The van der Waals surface area contributed by atoms with Crippen molar-refractivity contribution in [3.63, 3.8) is 0 Å². The van der Waals surface area contributed by atoms with E-state index in [0.29, 0.717) is 30.6 Å². The highest BCUT2D eigenvalue weighted by molar-refractivity contribution is 5.90. The fraction of sp³-hybridized carbons (Fsp3) is 0.412. The molecule has 2 aliphatic carbocycles. The molecule has 1 aromatic heterocycles. The number of aromatic nitrogens is 2. The van der Waals surface area contributed by atoms with Gasteiger partial charge in [-0.2, -0.15) is 4.98 Å². The zero-order valence-corrected chi connectivity index (χ0v) is 24.5. The van der Waals surface area contributed by atoms with E-state index in [1.807, 2.05) is 67.6 Å². The van der Waals surface area contributed by atoms with E-state index in [-0.39, 0.29) is 24.6 Å². The Morgan fingerprint density at radius 1 is 0.786 bits per heavy atom. The maximum Gasteiger partial charge on any atom is 0.225 e. The van der Waals surface area contributed by atoms with Crippen molar-refractivity contribution in [2.45, 2.75) is 77.3 Å². The van der Waals surface area contributed by atoms with Gasteiger partial charge in [0.1, 0.15) is 5.82 Å². The van der Waals surface area contributed by atoms with Gasteiger partial charge in [0.2, 0.25) is 5.95 Å². The molecule has 0 spiro atoms. The van der Waals surface area contributed by atoms with E-state index >= 15 is 0 Å². The first kappa shape index (κ1) is 29.9. The fourth-order valence-corrected chi connectivity index (χ4v) is 6.50. The van der Waals surface area contributed by atoms with Gasteiger partial charge in [-0.3, -0.25) is 0 Å². The number of benzene rings is 3. The number of hydroxylamine groups is 1. The zero-order chi connectivity index (χ0) is 29.5. The summed E-state index contributed by atoms with van der Waals surface area (Å²) in [6.45, 7) is 4.87. The van der Waals surface area contributed by atoms with Crippen LogP contribution in [0.15, 0.2) is 72.8 Å². The van der Waals surface area contributed by atoms with Crippen LogP contribution < -0.4 is 16.1 Å². The summed E-state index contributed by atoms with van der Waals surface area (Å²) >= 11 is 0. The van der Waals surface area contributed by atoms with Crippen LogP contribution in [0.3, 0.4) is 0 Å². The molecule has 0 radical (unpaired) electrons. The topological polar surface area (TPSA) is 123 Å². The minimum absolute atomic E-state index is 0.0250. The monoisotopic (exact) mass is 569 g/mol. The molecular weight excluding hydrogens is 526 g/mol. The van der Waals surface area contributed by atoms with E-state index in [0.717, 1.165) is 47.7 Å². The molecule has 5 atom stereocenters. The largest absolute Gasteiger partial charge is 0.392 e. The third-order valence-electron chi connectivity index (χ3n) is 8.97. The van der Waals surface area contributed by atoms with Gasteiger partial charge in [-0.1, -0.05) is 73.5 Å². The third kappa shape index (κ3) is 6.90. The minimum Gasteiger partial charge on any atom is -0.392 e. The number of fused-ring (bicyclic) bond motifs is 2. The van der Waals surface area contributed by atoms with Crippen molar-refractivity contribution in [1.82, 2.24) is 15.4 Å². The third-order valence-corrected chi connectivity index (χ3v) is 8.97. The van der Waals surface area contributed by atoms with Crippen molar-refractivity contribution in [1.29, 1.82) is 0 Å². The normalized spacial score (nSPS) is 23.4. The van der Waals surface area contributed by atoms with Crippen LogP contribution in [0.5, 0.6) is 0 Å². The van der Waals surface area contributed by atoms with Crippen LogP contribution in [0.25, 0.3) is 10.9 Å². The van der Waals surface area contributed by atoms with Gasteiger partial charge in [0, 0.05) is 18.0 Å². The summed E-state index contributed by atoms with van der Waals surface area (Å²) in [5.74, 6) is 1.76. The van der Waals surface area contributed by atoms with Gasteiger partial charge in [0.15, 0.2) is 0 Å². The van der Waals surface area contributed by atoms with Gasteiger partial charge in [0.25, 0.3) is 0 Å². The van der Waals surface area contributed by atoms with E-state index in [1.54, 1.807) is 0 Å². The number of rotatable bonds is 7. The molecule has 42 heavy (non-hydrogen) atoms. The average molecular weight is 570 g/mol. The van der Waals surface area contributed by atoms with Crippen molar-refractivity contribution in [2.75, 3.05) is 10.6 Å². The number of hydrogen-bond donors (Lipinski definition) is 6. The SMILES string of the molecule is Cc1ccccc1CNc1nc(NC2CC(NO)C3CCCCC3C2O)c2ccccc2n1.Cc1ccccc1CO. The van der Waals surface area contributed by atoms with E-state index < -0.39 is 6.10 Å². The Bertz CT molecular complexity index is 1460. The zero-order valence-electron chi connectivity index (χ0n) is 24.5. The first-order chi connectivity index (χ1) is 20.5. The van der Waals surface area contributed by atoms with Gasteiger partial charge < -0.3 is 26.1 Å². The van der Waals surface area contributed by atoms with E-state index in [2.05, 4.69) is 35.2 Å². The predicted molar refractivity (Wildman–Crippen MR) is 167 cm³/mol. The Morgan fingerprint density at radius 2 is 1.43 bits per heavy atom. The number of anilines is 2. The van der Waals surface area contributed by atoms with Crippen molar-refractivity contribution < 1.29 is 15.4 Å². The molecule has 2 fully saturated rings. The number of para-hydroxylation sites is 1. The maximum atomic E-state index is 11.2. The molecule has 2 aliphatic rings. The van der Waals surface area contributed by atoms with Crippen LogP contribution in [0.4, 0.5) is 11.8 Å². The Hall–Kier alpha value is -3.56. The van der Waals surface area contributed by atoms with Crippen molar-refractivity contribution in [3.8, 4) is 0 Å². The lowest BCUT2D eigenvalue weighted by Crippen LogP contribution is -2.56. The van der Waals surface area contributed by atoms with Crippen LogP contribution in [-0.2, 0) is 13.2 Å². The smallest absolute Gasteiger partial charge is 0.225 e. The minimum atomic E-state index is -0.475. The number of nitrogens with one attached hydrogen (secondary N) is 3. The molecular formula is C34H43N5O3. The molecule has 0 aliphatic heterocycles. The number of nitrogens with zero attached hydrogens (tertiary/aromatic N) is 2. The van der Waals surface area contributed by atoms with Crippen LogP contribution in [0, 0.1) is 25.7 Å². The van der Waals surface area contributed by atoms with Crippen molar-refractivity contribution in [2.24, 2.45) is 11.8 Å². The maximum absolute atomic E-state index is 11.2. The van der Waals surface area contributed by atoms with Crippen LogP contribution in [0.1, 0.15) is 54.4 Å². The van der Waals surface area contributed by atoms with E-state index in [1.165, 1.54) is 11.1 Å². The van der Waals surface area contributed by atoms with Gasteiger partial charge in [0.05, 0.1) is 24.3 Å². The highest BCUT2D eigenvalue weighted by atomic mass is 16.5. The number of hydrogen-bond acceptors (Lipinski definition) is 8. The molecule has 8 nitrogen and oxygen atoms in total. The quantitative estimate of drug-likeness (QED) is 0.156. The first-order valence-corrected chi connectivity index (χ1v) is 15.0. The summed E-state index contributed by atoms with van der Waals surface area (Å²) in [6, 6.07) is 23.8. The molecule has 222 valence electrons. The van der Waals surface area contributed by atoms with E-state index in [4.69, 9.17) is 15.1 Å². The molecule has 1 heterocycles. The van der Waals surface area contributed by atoms with Gasteiger partial charge in [-0.25, -0.2) is 10.5 Å². The number of aliphatic hydroxyl groups excluding tert-OH is 2. The number of aliphatic hydroxyl groups is 2. The summed E-state index contributed by atoms with van der Waals surface area (Å²) in [5.41, 5.74) is 7.97. The Morgan fingerprint density at radius 3 is 2.10 bits per heavy atom. The molecule has 2 saturated carbocycles. The van der Waals surface area contributed by atoms with Gasteiger partial charge in [-0.15, -0.1) is 0 Å². The van der Waals surface area contributed by atoms with Gasteiger partial charge in [-0.05, 0) is 79.3 Å². The van der Waals surface area contributed by atoms with Crippen molar-refractivity contribution >= 4 is 22.7 Å². The molecule has 5 unspecified atom stereocenters. The summed E-state index contributed by atoms with van der Waals surface area (Å²) in [7, 11) is 0. The molecule has 4 aromatic rings. The standard InChI is InChI=1S/C26H33N5O2.C8H10O/c1-16-8-2-3-9-17(16)15-27-26-29-21-13-7-6-12-20(21)25(30-26)28-23-14-22(31-33)18-10-4-5-11-19(18)24(23)32;1-7-4-2-3-5-8(7)6-9/h2-3,6-9,12-13,18-19,22-24,31-33H,4-5,10-11,14-15H2,1H3,(H2,27,28,29,30);2-5,9H,6H2,1H3. The lowest BCUT2D eigenvalue weighted by molar-refractivity contribution is -0.0452. The fourth-order valence-electron chi connectivity index (χ4n) is 6.50. The molecule has 0 amide bonds. The van der Waals surface area contributed by atoms with Crippen LogP contribution in [0.2, 0.25) is 0 Å². The molecule has 6 N–H and O–H groups in total. The lowest BCUT2D eigenvalue weighted by atomic mass is 9.65. The Labute approximate surface area is 248 Å². The summed E-state index contributed by atoms with van der Waals surface area (Å²) < 4.78 is 0. The molecule has 3 aromatic carbocycles. The van der Waals surface area contributed by atoms with Crippen molar-refractivity contribution in [3.05, 3.63) is 95.1 Å². The Balaban J connectivity index is 0.000000336. The summed E-state index contributed by atoms with van der Waals surface area (Å²) in [4.78, 5) is 9.51. The van der Waals surface area contributed by atoms with Crippen LogP contribution >= 0.6 is 0 Å². The second-order valence-corrected chi connectivity index (χ2v) is 11.6. The summed E-state index contributed by atoms with van der Waals surface area (Å²) in [6.07, 6.45) is 4.51. The van der Waals surface area contributed by atoms with Crippen LogP contribution in [-0.4, -0.2) is 43.6 Å². The molecule has 0 bridgehead atoms. The molecule has 6 rings (SSSR count).